The molecular weight excluding hydrogens is 222 g/mol. The van der Waals surface area contributed by atoms with Gasteiger partial charge in [0, 0.05) is 25.2 Å². The second-order valence-corrected chi connectivity index (χ2v) is 4.54. The highest BCUT2D eigenvalue weighted by Gasteiger charge is 2.24. The van der Waals surface area contributed by atoms with Crippen molar-refractivity contribution >= 4 is 5.69 Å². The zero-order chi connectivity index (χ0) is 12.4. The van der Waals surface area contributed by atoms with Gasteiger partial charge in [0.25, 0.3) is 0 Å². The van der Waals surface area contributed by atoms with E-state index in [1.807, 2.05) is 4.90 Å². The second-order valence-electron chi connectivity index (χ2n) is 4.54. The lowest BCUT2D eigenvalue weighted by atomic mass is 10.2. The molecule has 1 atom stereocenters. The summed E-state index contributed by atoms with van der Waals surface area (Å²) in [5, 5.41) is 3.33. The standard InChI is InChI=1S/C13H18F2N2/c1-3-16-10-4-5-17(8-10)13-7-11(14)9(2)6-12(13)15/h6-7,10,16H,3-5,8H2,1-2H3. The number of likely N-dealkylation sites (N-methyl/N-ethyl adjacent to an activating group) is 1. The van der Waals surface area contributed by atoms with Crippen LogP contribution in [0.1, 0.15) is 18.9 Å². The third-order valence-electron chi connectivity index (χ3n) is 3.25. The zero-order valence-electron chi connectivity index (χ0n) is 10.3. The van der Waals surface area contributed by atoms with Crippen LogP contribution in [0.3, 0.4) is 0 Å². The largest absolute Gasteiger partial charge is 0.367 e. The van der Waals surface area contributed by atoms with E-state index in [2.05, 4.69) is 12.2 Å². The van der Waals surface area contributed by atoms with Crippen LogP contribution in [0.2, 0.25) is 0 Å². The Morgan fingerprint density at radius 1 is 1.35 bits per heavy atom. The van der Waals surface area contributed by atoms with Crippen molar-refractivity contribution in [3.63, 3.8) is 0 Å². The average molecular weight is 240 g/mol. The summed E-state index contributed by atoms with van der Waals surface area (Å²) in [6, 6.07) is 2.95. The molecule has 1 aromatic rings. The minimum absolute atomic E-state index is 0.332. The van der Waals surface area contributed by atoms with E-state index in [1.165, 1.54) is 12.1 Å². The van der Waals surface area contributed by atoms with E-state index in [-0.39, 0.29) is 11.6 Å². The van der Waals surface area contributed by atoms with Gasteiger partial charge in [0.1, 0.15) is 11.6 Å². The van der Waals surface area contributed by atoms with Crippen LogP contribution >= 0.6 is 0 Å². The first-order valence-corrected chi connectivity index (χ1v) is 6.05. The molecule has 0 aliphatic carbocycles. The molecule has 1 saturated heterocycles. The van der Waals surface area contributed by atoms with Crippen LogP contribution in [0.15, 0.2) is 12.1 Å². The maximum absolute atomic E-state index is 13.8. The Hall–Kier alpha value is -1.16. The van der Waals surface area contributed by atoms with Crippen LogP contribution in [-0.4, -0.2) is 25.7 Å². The number of nitrogens with zero attached hydrogens (tertiary/aromatic N) is 1. The Kier molecular flexibility index (Phi) is 3.62. The minimum Gasteiger partial charge on any atom is -0.367 e. The van der Waals surface area contributed by atoms with Crippen molar-refractivity contribution in [1.29, 1.82) is 0 Å². The fourth-order valence-electron chi connectivity index (χ4n) is 2.31. The second kappa shape index (κ2) is 5.00. The van der Waals surface area contributed by atoms with Gasteiger partial charge in [0.05, 0.1) is 5.69 Å². The molecule has 1 N–H and O–H groups in total. The number of hydrogen-bond acceptors (Lipinski definition) is 2. The highest BCUT2D eigenvalue weighted by molar-refractivity contribution is 5.50. The number of nitrogens with one attached hydrogen (secondary N) is 1. The molecule has 0 spiro atoms. The number of halogens is 2. The predicted molar refractivity (Wildman–Crippen MR) is 65.4 cm³/mol. The number of anilines is 1. The van der Waals surface area contributed by atoms with E-state index in [4.69, 9.17) is 0 Å². The molecule has 4 heteroatoms. The summed E-state index contributed by atoms with van der Waals surface area (Å²) in [7, 11) is 0. The summed E-state index contributed by atoms with van der Waals surface area (Å²) in [5.41, 5.74) is 0.738. The molecular formula is C13H18F2N2. The molecule has 1 aliphatic rings. The first-order valence-electron chi connectivity index (χ1n) is 6.05. The van der Waals surface area contributed by atoms with E-state index in [9.17, 15) is 8.78 Å². The molecule has 1 aromatic carbocycles. The summed E-state index contributed by atoms with van der Waals surface area (Å²) >= 11 is 0. The summed E-state index contributed by atoms with van der Waals surface area (Å²) in [4.78, 5) is 1.91. The van der Waals surface area contributed by atoms with E-state index >= 15 is 0 Å². The maximum atomic E-state index is 13.8. The van der Waals surface area contributed by atoms with Crippen LogP contribution in [0.25, 0.3) is 0 Å². The molecule has 1 aliphatic heterocycles. The van der Waals surface area contributed by atoms with Gasteiger partial charge in [-0.05, 0) is 31.5 Å². The fraction of sp³-hybridized carbons (Fsp3) is 0.538. The van der Waals surface area contributed by atoms with Gasteiger partial charge in [-0.25, -0.2) is 8.78 Å². The van der Waals surface area contributed by atoms with E-state index in [0.29, 0.717) is 17.3 Å². The molecule has 0 saturated carbocycles. The number of hydrogen-bond donors (Lipinski definition) is 1. The van der Waals surface area contributed by atoms with Crippen molar-refractivity contribution in [3.05, 3.63) is 29.3 Å². The van der Waals surface area contributed by atoms with Crippen molar-refractivity contribution in [2.24, 2.45) is 0 Å². The summed E-state index contributed by atoms with van der Waals surface area (Å²) in [6.45, 7) is 6.05. The molecule has 2 nitrogen and oxygen atoms in total. The Morgan fingerprint density at radius 3 is 2.82 bits per heavy atom. The first kappa shape index (κ1) is 12.3. The normalized spacial score (nSPS) is 20.0. The van der Waals surface area contributed by atoms with Crippen molar-refractivity contribution in [2.45, 2.75) is 26.3 Å². The van der Waals surface area contributed by atoms with Gasteiger partial charge in [-0.2, -0.15) is 0 Å². The molecule has 0 aromatic heterocycles. The van der Waals surface area contributed by atoms with Gasteiger partial charge in [0.2, 0.25) is 0 Å². The molecule has 94 valence electrons. The van der Waals surface area contributed by atoms with E-state index in [1.54, 1.807) is 6.92 Å². The van der Waals surface area contributed by atoms with Gasteiger partial charge in [0.15, 0.2) is 0 Å². The molecule has 2 rings (SSSR count). The summed E-state index contributed by atoms with van der Waals surface area (Å²) in [6.07, 6.45) is 0.975. The predicted octanol–water partition coefficient (Wildman–Crippen LogP) is 2.46. The Labute approximate surface area is 101 Å². The van der Waals surface area contributed by atoms with E-state index in [0.717, 1.165) is 26.1 Å². The lowest BCUT2D eigenvalue weighted by molar-refractivity contribution is 0.568. The molecule has 1 unspecified atom stereocenters. The summed E-state index contributed by atoms with van der Waals surface area (Å²) in [5.74, 6) is -0.672. The van der Waals surface area contributed by atoms with E-state index < -0.39 is 0 Å². The smallest absolute Gasteiger partial charge is 0.146 e. The fourth-order valence-corrected chi connectivity index (χ4v) is 2.31. The summed E-state index contributed by atoms with van der Waals surface area (Å²) < 4.78 is 27.2. The topological polar surface area (TPSA) is 15.3 Å². The quantitative estimate of drug-likeness (QED) is 0.873. The minimum atomic E-state index is -0.340. The Morgan fingerprint density at radius 2 is 2.12 bits per heavy atom. The lowest BCUT2D eigenvalue weighted by Gasteiger charge is -2.20. The number of rotatable bonds is 3. The van der Waals surface area contributed by atoms with Crippen molar-refractivity contribution in [2.75, 3.05) is 24.5 Å². The third kappa shape index (κ3) is 2.57. The highest BCUT2D eigenvalue weighted by atomic mass is 19.1. The van der Waals surface area contributed by atoms with Crippen LogP contribution in [0.5, 0.6) is 0 Å². The third-order valence-corrected chi connectivity index (χ3v) is 3.25. The highest BCUT2D eigenvalue weighted by Crippen LogP contribution is 2.26. The molecule has 0 radical (unpaired) electrons. The monoisotopic (exact) mass is 240 g/mol. The Bertz CT molecular complexity index is 407. The van der Waals surface area contributed by atoms with Gasteiger partial charge in [-0.3, -0.25) is 0 Å². The van der Waals surface area contributed by atoms with Gasteiger partial charge >= 0.3 is 0 Å². The van der Waals surface area contributed by atoms with Gasteiger partial charge in [-0.15, -0.1) is 0 Å². The molecule has 0 bridgehead atoms. The maximum Gasteiger partial charge on any atom is 0.146 e. The first-order chi connectivity index (χ1) is 8.11. The number of benzene rings is 1. The molecule has 1 fully saturated rings. The van der Waals surface area contributed by atoms with Crippen molar-refractivity contribution in [3.8, 4) is 0 Å². The Balaban J connectivity index is 2.16. The van der Waals surface area contributed by atoms with Gasteiger partial charge < -0.3 is 10.2 Å². The SMILES string of the molecule is CCNC1CCN(c2cc(F)c(C)cc2F)C1. The lowest BCUT2D eigenvalue weighted by Crippen LogP contribution is -2.32. The number of aryl methyl sites for hydroxylation is 1. The van der Waals surface area contributed by atoms with Crippen LogP contribution < -0.4 is 10.2 Å². The van der Waals surface area contributed by atoms with Crippen LogP contribution in [0, 0.1) is 18.6 Å². The van der Waals surface area contributed by atoms with Crippen LogP contribution in [-0.2, 0) is 0 Å². The van der Waals surface area contributed by atoms with Gasteiger partial charge in [-0.1, -0.05) is 6.92 Å². The molecule has 0 amide bonds. The molecule has 17 heavy (non-hydrogen) atoms. The van der Waals surface area contributed by atoms with Crippen LogP contribution in [0.4, 0.5) is 14.5 Å². The average Bonchev–Trinajstić information content (AvgIpc) is 2.72. The van der Waals surface area contributed by atoms with Crippen molar-refractivity contribution in [1.82, 2.24) is 5.32 Å². The molecule has 1 heterocycles. The zero-order valence-corrected chi connectivity index (χ0v) is 10.3. The van der Waals surface area contributed by atoms with Crippen molar-refractivity contribution < 1.29 is 8.78 Å².